The van der Waals surface area contributed by atoms with Crippen LogP contribution >= 0.6 is 88.7 Å². The standard InChI is InChI=1S/C21H26ClN5O2.C21H27N5O2.C12H14Cl2N4.C12H17N5.C8H4Cl3N3.2ClH.Pd/c1-5-6-9-23-20-19-18(13(2)10-17(22)25-19)26-21(27-20)24-12-14-7-8-15(28-3)11-16(14)29-4;1-5-6-10-23-20-19-18(14(2)9-11-22-19)25-21(26-20)24-13-15-7-8-16(27-3)12-17(15)28-4;1-3-4-5-15-11-10-9(17-12(14)18-11)7(2)6-8(13)16-10;1-3-4-6-15-11-10-9(16-12(13)17-11)8(2)5-7-14-10;1-3-2-4(9)12-6-5(3)13-8(11)14-7(6)10;;;/h7-8,10-11H,5-6,9,12H2,1-4H3,(H2,23,24,26,27);7-9,11-12H,5-6,10,13H2,1-4H3,(H2,23,24,25,26);6H,3-5H2,1-2H3,(H,15,17,18);5,7H,3-4,6H2,1-2H3,(H3,13,15,16,17);2H,1H3;2*1H;/q;;;;;;;+2/p-2. The number of benzene rings is 2. The number of hydrogen-bond acceptors (Lipinski definition) is 26. The summed E-state index contributed by atoms with van der Waals surface area (Å²) in [5.41, 5.74) is 19.8. The molecule has 10 aromatic heterocycles. The summed E-state index contributed by atoms with van der Waals surface area (Å²) in [6.45, 7) is 22.8. The van der Waals surface area contributed by atoms with Crippen molar-refractivity contribution in [3.8, 4) is 23.0 Å². The number of ether oxygens (including phenoxy) is 4. The fourth-order valence-corrected chi connectivity index (χ4v) is 11.8. The fourth-order valence-electron chi connectivity index (χ4n) is 10.4. The number of aryl methyl sites for hydroxylation is 5. The van der Waals surface area contributed by atoms with E-state index < -0.39 is 0 Å². The van der Waals surface area contributed by atoms with Crippen LogP contribution in [0.4, 0.5) is 41.1 Å². The summed E-state index contributed by atoms with van der Waals surface area (Å²) in [7, 11) is 16.2. The third kappa shape index (κ3) is 25.9. The van der Waals surface area contributed by atoms with Gasteiger partial charge in [-0.3, -0.25) is 9.97 Å². The number of hydrogen-bond donors (Lipinski definition) is 7. The van der Waals surface area contributed by atoms with Crippen molar-refractivity contribution in [2.75, 3.05) is 92.3 Å². The van der Waals surface area contributed by atoms with E-state index >= 15 is 0 Å². The second kappa shape index (κ2) is 45.1. The van der Waals surface area contributed by atoms with Crippen LogP contribution in [0.15, 0.2) is 79.1 Å². The summed E-state index contributed by atoms with van der Waals surface area (Å²) in [5, 5.41) is 21.6. The first kappa shape index (κ1) is 87.9. The predicted octanol–water partition coefficient (Wildman–Crippen LogP) is 19.7. The molecule has 35 heteroatoms. The van der Waals surface area contributed by atoms with Gasteiger partial charge >= 0.3 is 35.0 Å². The second-order valence-corrected chi connectivity index (χ2v) is 28.7. The molecule has 12 aromatic rings. The Kier molecular flexibility index (Phi) is 36.4. The molecule has 109 heavy (non-hydrogen) atoms. The first-order chi connectivity index (χ1) is 52.5. The fraction of sp³-hybridized carbons (Fsp3) is 0.365. The van der Waals surface area contributed by atoms with E-state index in [9.17, 15) is 0 Å². The van der Waals surface area contributed by atoms with Crippen molar-refractivity contribution in [1.82, 2.24) is 74.8 Å². The van der Waals surface area contributed by atoms with Crippen LogP contribution in [0.1, 0.15) is 118 Å². The molecule has 2 aromatic carbocycles. The molecule has 10 heterocycles. The number of rotatable bonds is 26. The molecule has 12 rings (SSSR count). The summed E-state index contributed by atoms with van der Waals surface area (Å²) in [5.74, 6) is 7.16. The van der Waals surface area contributed by atoms with Crippen LogP contribution in [-0.4, -0.2) is 129 Å². The van der Waals surface area contributed by atoms with E-state index in [1.165, 1.54) is 0 Å². The molecule has 0 radical (unpaired) electrons. The van der Waals surface area contributed by atoms with Crippen LogP contribution in [0.5, 0.6) is 23.0 Å². The second-order valence-electron chi connectivity index (χ2n) is 24.1. The van der Waals surface area contributed by atoms with Gasteiger partial charge in [0, 0.05) is 74.9 Å². The van der Waals surface area contributed by atoms with E-state index in [4.69, 9.17) is 113 Å². The molecule has 584 valence electrons. The number of fused-ring (bicyclic) bond motifs is 5. The molecule has 0 fully saturated rings. The van der Waals surface area contributed by atoms with Crippen molar-refractivity contribution in [2.45, 2.75) is 127 Å². The SMILES string of the molecule is CCCCNc1nc(Cl)nc2c(C)cc(Cl)nc12.CCCCNc1nc(N)nc2c(C)ccnc12.CCCCNc1nc(NCc2ccc(OC)cc2OC)nc2c(C)cc(Cl)nc12.CCCCNc1nc(NCc2ccc(OC)cc2OC)nc2c(C)ccnc12.Cc1cc(Cl)nc2c(Cl)nc(Cl)nc12.[Cl][Pd][Cl]. The number of anilines is 7. The summed E-state index contributed by atoms with van der Waals surface area (Å²) < 4.78 is 21.5. The number of unbranched alkanes of at least 4 members (excludes halogenated alkanes) is 4. The Balaban J connectivity index is 0.000000192. The third-order valence-corrected chi connectivity index (χ3v) is 17.3. The van der Waals surface area contributed by atoms with Crippen molar-refractivity contribution in [3.05, 3.63) is 149 Å². The van der Waals surface area contributed by atoms with E-state index in [2.05, 4.69) is 134 Å². The molecule has 0 aliphatic rings. The predicted molar refractivity (Wildman–Crippen MR) is 444 cm³/mol. The zero-order valence-corrected chi connectivity index (χ0v) is 70.3. The Morgan fingerprint density at radius 3 is 1.11 bits per heavy atom. The Labute approximate surface area is 680 Å². The third-order valence-electron chi connectivity index (χ3n) is 16.1. The van der Waals surface area contributed by atoms with Gasteiger partial charge in [0.1, 0.15) is 66.0 Å². The van der Waals surface area contributed by atoms with Gasteiger partial charge in [-0.1, -0.05) is 99.8 Å². The van der Waals surface area contributed by atoms with Crippen molar-refractivity contribution in [2.24, 2.45) is 0 Å². The van der Waals surface area contributed by atoms with Gasteiger partial charge in [0.15, 0.2) is 28.4 Å². The number of aromatic nitrogens is 15. The van der Waals surface area contributed by atoms with Crippen LogP contribution < -0.4 is 56.6 Å². The zero-order valence-electron chi connectivity index (χ0n) is 62.7. The van der Waals surface area contributed by atoms with Crippen molar-refractivity contribution < 1.29 is 34.9 Å². The molecule has 0 saturated carbocycles. The van der Waals surface area contributed by atoms with E-state index in [0.29, 0.717) is 74.1 Å². The van der Waals surface area contributed by atoms with Gasteiger partial charge < -0.3 is 56.6 Å². The van der Waals surface area contributed by atoms with Crippen molar-refractivity contribution >= 4 is 185 Å². The van der Waals surface area contributed by atoms with Gasteiger partial charge in [-0.15, -0.1) is 0 Å². The number of nitrogen functional groups attached to an aromatic ring is 1. The number of nitrogens with two attached hydrogens (primary N) is 1. The molecule has 0 aliphatic carbocycles. The zero-order chi connectivity index (χ0) is 79.1. The molecule has 0 spiro atoms. The first-order valence-electron chi connectivity index (χ1n) is 34.7. The quantitative estimate of drug-likeness (QED) is 0.00870. The molecule has 0 bridgehead atoms. The molecular formula is C74H88Cl8N22O4Pd. The maximum atomic E-state index is 6.16. The number of pyridine rings is 5. The maximum absolute atomic E-state index is 6.16. The van der Waals surface area contributed by atoms with Crippen LogP contribution in [0.2, 0.25) is 31.2 Å². The van der Waals surface area contributed by atoms with Crippen molar-refractivity contribution in [3.63, 3.8) is 0 Å². The average molecular weight is 1740 g/mol. The minimum absolute atomic E-state index is 0.106. The molecule has 0 aliphatic heterocycles. The Bertz CT molecular complexity index is 4940. The van der Waals surface area contributed by atoms with E-state index in [0.717, 1.165) is 184 Å². The van der Waals surface area contributed by atoms with Gasteiger partial charge in [-0.05, 0) is 166 Å². The number of nitrogens with one attached hydrogen (secondary N) is 6. The van der Waals surface area contributed by atoms with Gasteiger partial charge in [0.05, 0.1) is 56.0 Å². The van der Waals surface area contributed by atoms with Crippen LogP contribution in [-0.2, 0) is 29.0 Å². The number of nitrogens with zero attached hydrogens (tertiary/aromatic N) is 15. The molecule has 26 nitrogen and oxygen atoms in total. The van der Waals surface area contributed by atoms with E-state index in [1.54, 1.807) is 53.0 Å². The summed E-state index contributed by atoms with van der Waals surface area (Å²) >= 11 is 35.2. The summed E-state index contributed by atoms with van der Waals surface area (Å²) in [4.78, 5) is 64.8. The van der Waals surface area contributed by atoms with Gasteiger partial charge in [0.25, 0.3) is 0 Å². The summed E-state index contributed by atoms with van der Waals surface area (Å²) in [6, 6.07) is 20.6. The molecule has 0 unspecified atom stereocenters. The Hall–Kier alpha value is -8.33. The molecule has 0 saturated heterocycles. The molecule has 8 N–H and O–H groups in total. The number of halogens is 8. The van der Waals surface area contributed by atoms with E-state index in [-0.39, 0.29) is 37.6 Å². The monoisotopic (exact) mass is 1730 g/mol. The van der Waals surface area contributed by atoms with E-state index in [1.807, 2.05) is 89.2 Å². The van der Waals surface area contributed by atoms with Gasteiger partial charge in [0.2, 0.25) is 28.4 Å². The summed E-state index contributed by atoms with van der Waals surface area (Å²) in [6.07, 6.45) is 12.3. The van der Waals surface area contributed by atoms with Crippen LogP contribution in [0, 0.1) is 34.6 Å². The van der Waals surface area contributed by atoms with Crippen LogP contribution in [0.25, 0.3) is 55.2 Å². The van der Waals surface area contributed by atoms with Crippen molar-refractivity contribution in [1.29, 1.82) is 0 Å². The van der Waals surface area contributed by atoms with Gasteiger partial charge in [-0.25, -0.2) is 44.9 Å². The minimum atomic E-state index is -0.106. The topological polar surface area (TPSA) is 328 Å². The number of methoxy groups -OCH3 is 4. The molecular weight excluding hydrogens is 1650 g/mol. The Morgan fingerprint density at radius 1 is 0.358 bits per heavy atom. The first-order valence-corrected chi connectivity index (χ1v) is 41.0. The Morgan fingerprint density at radius 2 is 0.706 bits per heavy atom. The molecule has 0 amide bonds. The average Bonchev–Trinajstić information content (AvgIpc) is 0.822. The van der Waals surface area contributed by atoms with Crippen LogP contribution in [0.3, 0.4) is 0 Å². The molecule has 0 atom stereocenters. The van der Waals surface area contributed by atoms with Gasteiger partial charge in [-0.2, -0.15) is 19.9 Å². The normalized spacial score (nSPS) is 10.7.